The van der Waals surface area contributed by atoms with Gasteiger partial charge in [0, 0.05) is 19.6 Å². The van der Waals surface area contributed by atoms with Crippen LogP contribution in [0.5, 0.6) is 0 Å². The number of nitrogen functional groups attached to an aromatic ring is 1. The van der Waals surface area contributed by atoms with E-state index in [9.17, 15) is 4.79 Å². The van der Waals surface area contributed by atoms with Crippen LogP contribution in [0.15, 0.2) is 6.20 Å². The zero-order chi connectivity index (χ0) is 12.6. The molecule has 1 fully saturated rings. The molecule has 1 aliphatic rings. The number of aromatic nitrogens is 2. The van der Waals surface area contributed by atoms with Gasteiger partial charge in [0.25, 0.3) is 5.91 Å². The molecule has 0 aromatic carbocycles. The van der Waals surface area contributed by atoms with Crippen LogP contribution in [0.4, 0.5) is 5.82 Å². The summed E-state index contributed by atoms with van der Waals surface area (Å²) in [6.07, 6.45) is 3.69. The molecule has 0 radical (unpaired) electrons. The van der Waals surface area contributed by atoms with Crippen molar-refractivity contribution >= 4 is 11.7 Å². The first-order valence-corrected chi connectivity index (χ1v) is 6.09. The molecule has 0 spiro atoms. The summed E-state index contributed by atoms with van der Waals surface area (Å²) in [4.78, 5) is 14.3. The number of rotatable bonds is 1. The molecule has 5 heteroatoms. The summed E-state index contributed by atoms with van der Waals surface area (Å²) >= 11 is 0. The molecule has 1 aromatic rings. The van der Waals surface area contributed by atoms with Crippen LogP contribution in [0.25, 0.3) is 0 Å². The van der Waals surface area contributed by atoms with Gasteiger partial charge in [-0.2, -0.15) is 5.10 Å². The fourth-order valence-corrected chi connectivity index (χ4v) is 2.48. The van der Waals surface area contributed by atoms with Crippen LogP contribution in [0.3, 0.4) is 0 Å². The van der Waals surface area contributed by atoms with Crippen molar-refractivity contribution < 1.29 is 4.79 Å². The van der Waals surface area contributed by atoms with Crippen LogP contribution in [0, 0.1) is 5.92 Å². The van der Waals surface area contributed by atoms with Gasteiger partial charge >= 0.3 is 0 Å². The highest BCUT2D eigenvalue weighted by Gasteiger charge is 2.29. The first kappa shape index (κ1) is 12.0. The van der Waals surface area contributed by atoms with E-state index in [-0.39, 0.29) is 11.9 Å². The number of amides is 1. The maximum atomic E-state index is 12.3. The average Bonchev–Trinajstić information content (AvgIpc) is 2.59. The maximum absolute atomic E-state index is 12.3. The van der Waals surface area contributed by atoms with E-state index in [0.29, 0.717) is 17.3 Å². The highest BCUT2D eigenvalue weighted by Crippen LogP contribution is 2.24. The second kappa shape index (κ2) is 4.39. The number of aryl methyl sites for hydroxylation is 1. The van der Waals surface area contributed by atoms with E-state index >= 15 is 0 Å². The van der Waals surface area contributed by atoms with Gasteiger partial charge in [0.15, 0.2) is 0 Å². The number of hydrogen-bond acceptors (Lipinski definition) is 3. The Balaban J connectivity index is 2.18. The lowest BCUT2D eigenvalue weighted by Crippen LogP contribution is -2.44. The third-order valence-electron chi connectivity index (χ3n) is 3.61. The fourth-order valence-electron chi connectivity index (χ4n) is 2.48. The molecule has 5 nitrogen and oxygen atoms in total. The topological polar surface area (TPSA) is 64.2 Å². The van der Waals surface area contributed by atoms with Crippen LogP contribution in [0.1, 0.15) is 37.0 Å². The predicted octanol–water partition coefficient (Wildman–Crippen LogP) is 1.26. The van der Waals surface area contributed by atoms with E-state index < -0.39 is 0 Å². The minimum Gasteiger partial charge on any atom is -0.383 e. The molecule has 0 saturated carbocycles. The highest BCUT2D eigenvalue weighted by atomic mass is 16.2. The molecule has 0 bridgehead atoms. The Kier molecular flexibility index (Phi) is 3.09. The number of piperidine rings is 1. The molecule has 2 rings (SSSR count). The fraction of sp³-hybridized carbons (Fsp3) is 0.667. The molecule has 1 aliphatic heterocycles. The second-order valence-corrected chi connectivity index (χ2v) is 5.04. The molecule has 94 valence electrons. The maximum Gasteiger partial charge on any atom is 0.259 e. The minimum absolute atomic E-state index is 0.00926. The first-order chi connectivity index (χ1) is 8.00. The van der Waals surface area contributed by atoms with Gasteiger partial charge in [-0.1, -0.05) is 6.92 Å². The Morgan fingerprint density at radius 2 is 2.24 bits per heavy atom. The average molecular weight is 236 g/mol. The molecule has 1 amide bonds. The Morgan fingerprint density at radius 1 is 1.53 bits per heavy atom. The van der Waals surface area contributed by atoms with Crippen molar-refractivity contribution in [2.24, 2.45) is 13.0 Å². The quantitative estimate of drug-likeness (QED) is 0.798. The van der Waals surface area contributed by atoms with Crippen molar-refractivity contribution in [3.05, 3.63) is 11.8 Å². The van der Waals surface area contributed by atoms with E-state index in [1.807, 2.05) is 4.90 Å². The highest BCUT2D eigenvalue weighted by molar-refractivity contribution is 5.98. The molecular formula is C12H20N4O. The minimum atomic E-state index is 0.00926. The van der Waals surface area contributed by atoms with Gasteiger partial charge in [-0.15, -0.1) is 0 Å². The largest absolute Gasteiger partial charge is 0.383 e. The van der Waals surface area contributed by atoms with Crippen molar-refractivity contribution in [3.63, 3.8) is 0 Å². The van der Waals surface area contributed by atoms with Crippen LogP contribution >= 0.6 is 0 Å². The summed E-state index contributed by atoms with van der Waals surface area (Å²) in [5.74, 6) is 1.15. The lowest BCUT2D eigenvalue weighted by molar-refractivity contribution is 0.0589. The van der Waals surface area contributed by atoms with Crippen LogP contribution < -0.4 is 5.73 Å². The Hall–Kier alpha value is -1.52. The van der Waals surface area contributed by atoms with Gasteiger partial charge in [0.05, 0.1) is 6.20 Å². The van der Waals surface area contributed by atoms with E-state index in [2.05, 4.69) is 18.9 Å². The van der Waals surface area contributed by atoms with Crippen molar-refractivity contribution in [2.45, 2.75) is 32.7 Å². The van der Waals surface area contributed by atoms with E-state index in [1.54, 1.807) is 13.2 Å². The number of carbonyl (C=O) groups excluding carboxylic acids is 1. The van der Waals surface area contributed by atoms with Gasteiger partial charge in [-0.25, -0.2) is 0 Å². The Labute approximate surface area is 102 Å². The van der Waals surface area contributed by atoms with Gasteiger partial charge in [-0.05, 0) is 25.7 Å². The number of hydrogen-bond donors (Lipinski definition) is 1. The Bertz CT molecular complexity index is 426. The second-order valence-electron chi connectivity index (χ2n) is 5.04. The monoisotopic (exact) mass is 236 g/mol. The molecule has 1 saturated heterocycles. The number of anilines is 1. The van der Waals surface area contributed by atoms with E-state index in [4.69, 9.17) is 5.73 Å². The zero-order valence-corrected chi connectivity index (χ0v) is 10.7. The zero-order valence-electron chi connectivity index (χ0n) is 10.7. The standard InChI is InChI=1S/C12H20N4O/c1-8-4-5-16(9(2)6-8)12(17)10-7-14-15(3)11(10)13/h7-9H,4-6,13H2,1-3H3. The van der Waals surface area contributed by atoms with Crippen LogP contribution in [-0.2, 0) is 7.05 Å². The Morgan fingerprint density at radius 3 is 2.76 bits per heavy atom. The van der Waals surface area contributed by atoms with Crippen LogP contribution in [-0.4, -0.2) is 33.2 Å². The molecule has 0 aliphatic carbocycles. The SMILES string of the molecule is CC1CCN(C(=O)c2cnn(C)c2N)C(C)C1. The number of nitrogens with two attached hydrogens (primary N) is 1. The van der Waals surface area contributed by atoms with Crippen molar-refractivity contribution in [3.8, 4) is 0 Å². The summed E-state index contributed by atoms with van der Waals surface area (Å²) in [5.41, 5.74) is 6.36. The summed E-state index contributed by atoms with van der Waals surface area (Å²) in [7, 11) is 1.74. The van der Waals surface area contributed by atoms with Crippen molar-refractivity contribution in [2.75, 3.05) is 12.3 Å². The molecule has 17 heavy (non-hydrogen) atoms. The summed E-state index contributed by atoms with van der Waals surface area (Å²) in [6, 6.07) is 0.283. The first-order valence-electron chi connectivity index (χ1n) is 6.09. The summed E-state index contributed by atoms with van der Waals surface area (Å²) in [5, 5.41) is 4.02. The van der Waals surface area contributed by atoms with Gasteiger partial charge in [-0.3, -0.25) is 9.48 Å². The molecule has 2 N–H and O–H groups in total. The van der Waals surface area contributed by atoms with Crippen molar-refractivity contribution in [1.29, 1.82) is 0 Å². The number of nitrogens with zero attached hydrogens (tertiary/aromatic N) is 3. The van der Waals surface area contributed by atoms with Gasteiger partial charge in [0.2, 0.25) is 0 Å². The third-order valence-corrected chi connectivity index (χ3v) is 3.61. The normalized spacial score (nSPS) is 25.0. The number of carbonyl (C=O) groups is 1. The summed E-state index contributed by atoms with van der Waals surface area (Å²) in [6.45, 7) is 5.15. The lowest BCUT2D eigenvalue weighted by Gasteiger charge is -2.36. The summed E-state index contributed by atoms with van der Waals surface area (Å²) < 4.78 is 1.53. The molecule has 2 atom stereocenters. The molecule has 1 aromatic heterocycles. The molecule has 2 heterocycles. The van der Waals surface area contributed by atoms with Gasteiger partial charge in [0.1, 0.15) is 11.4 Å². The smallest absolute Gasteiger partial charge is 0.259 e. The molecular weight excluding hydrogens is 216 g/mol. The molecule has 2 unspecified atom stereocenters. The van der Waals surface area contributed by atoms with Crippen LogP contribution in [0.2, 0.25) is 0 Å². The lowest BCUT2D eigenvalue weighted by atomic mass is 9.93. The van der Waals surface area contributed by atoms with E-state index in [1.165, 1.54) is 4.68 Å². The predicted molar refractivity (Wildman–Crippen MR) is 66.5 cm³/mol. The third kappa shape index (κ3) is 2.14. The van der Waals surface area contributed by atoms with E-state index in [0.717, 1.165) is 19.4 Å². The van der Waals surface area contributed by atoms with Crippen molar-refractivity contribution in [1.82, 2.24) is 14.7 Å². The number of likely N-dealkylation sites (tertiary alicyclic amines) is 1. The van der Waals surface area contributed by atoms with Gasteiger partial charge < -0.3 is 10.6 Å².